The molecule has 0 fully saturated rings. The molecule has 0 saturated carbocycles. The van der Waals surface area contributed by atoms with Crippen LogP contribution >= 0.6 is 27.5 Å². The quantitative estimate of drug-likeness (QED) is 0.0383. The topological polar surface area (TPSA) is 237 Å². The average molecular weight is 1600 g/mol. The predicted octanol–water partition coefficient (Wildman–Crippen LogP) is 17.5. The number of rotatable bonds is 25. The molecular formula is C92H72BrClF2N16O3. The molecular weight excluding hydrogens is 1530 g/mol. The smallest absolute Gasteiger partial charge is 0.272 e. The third-order valence-electron chi connectivity index (χ3n) is 19.0. The molecule has 0 spiro atoms. The molecule has 0 aliphatic carbocycles. The van der Waals surface area contributed by atoms with Crippen molar-refractivity contribution in [2.75, 3.05) is 13.1 Å². The van der Waals surface area contributed by atoms with Crippen LogP contribution in [0.3, 0.4) is 0 Å². The van der Waals surface area contributed by atoms with E-state index in [4.69, 9.17) is 27.4 Å². The Bertz CT molecular complexity index is 5790. The summed E-state index contributed by atoms with van der Waals surface area (Å²) in [4.78, 5) is 51.4. The van der Waals surface area contributed by atoms with Gasteiger partial charge in [0.05, 0.1) is 79.7 Å². The second kappa shape index (κ2) is 38.6. The van der Waals surface area contributed by atoms with Gasteiger partial charge in [0.25, 0.3) is 17.7 Å². The summed E-state index contributed by atoms with van der Waals surface area (Å²) in [5, 5.41) is 56.2. The van der Waals surface area contributed by atoms with Crippen LogP contribution in [0.4, 0.5) is 8.78 Å². The van der Waals surface area contributed by atoms with Gasteiger partial charge in [-0.25, -0.2) is 13.8 Å². The number of pyridine rings is 1. The number of carbonyl (C=O) groups excluding carboxylic acids is 3. The van der Waals surface area contributed by atoms with Crippen LogP contribution in [0.2, 0.25) is 5.02 Å². The van der Waals surface area contributed by atoms with Gasteiger partial charge in [0.1, 0.15) is 36.3 Å². The molecule has 15 rings (SSSR count). The Morgan fingerprint density at radius 3 is 1.41 bits per heavy atom. The highest BCUT2D eigenvalue weighted by atomic mass is 79.9. The molecule has 566 valence electrons. The zero-order valence-corrected chi connectivity index (χ0v) is 64.4. The maximum atomic E-state index is 14.8. The lowest BCUT2D eigenvalue weighted by Crippen LogP contribution is -2.34. The Morgan fingerprint density at radius 1 is 0.435 bits per heavy atom. The lowest BCUT2D eigenvalue weighted by atomic mass is 10.0. The zero-order chi connectivity index (χ0) is 79.8. The maximum Gasteiger partial charge on any atom is 0.272 e. The largest absolute Gasteiger partial charge is 0.331 e. The second-order valence-corrected chi connectivity index (χ2v) is 28.3. The maximum absolute atomic E-state index is 14.8. The Kier molecular flexibility index (Phi) is 26.5. The average Bonchev–Trinajstić information content (AvgIpc) is 1.83. The molecule has 15 aromatic rings. The first-order valence-electron chi connectivity index (χ1n) is 36.7. The first-order valence-corrected chi connectivity index (χ1v) is 37.9. The molecule has 4 aromatic heterocycles. The number of para-hydroxylation sites is 1. The van der Waals surface area contributed by atoms with E-state index < -0.39 is 11.6 Å². The van der Waals surface area contributed by atoms with E-state index in [9.17, 15) is 23.2 Å². The van der Waals surface area contributed by atoms with E-state index in [1.165, 1.54) is 17.0 Å². The van der Waals surface area contributed by atoms with Crippen LogP contribution in [0.15, 0.2) is 303 Å². The fraction of sp³-hybridized carbons (Fsp3) is 0.120. The summed E-state index contributed by atoms with van der Waals surface area (Å²) in [7, 11) is 0. The van der Waals surface area contributed by atoms with E-state index >= 15 is 0 Å². The van der Waals surface area contributed by atoms with Gasteiger partial charge in [-0.15, -0.1) is 30.6 Å². The van der Waals surface area contributed by atoms with Gasteiger partial charge < -0.3 is 28.4 Å². The van der Waals surface area contributed by atoms with Gasteiger partial charge in [-0.2, -0.15) is 15.8 Å². The Morgan fingerprint density at radius 2 is 0.887 bits per heavy atom. The van der Waals surface area contributed by atoms with Crippen LogP contribution in [0.1, 0.15) is 99.5 Å². The second-order valence-electron chi connectivity index (χ2n) is 26.9. The van der Waals surface area contributed by atoms with E-state index in [2.05, 4.69) is 81.8 Å². The number of fused-ring (bicyclic) bond motifs is 2. The molecule has 0 bridgehead atoms. The summed E-state index contributed by atoms with van der Waals surface area (Å²) in [5.41, 5.74) is 10.9. The molecule has 0 radical (unpaired) electrons. The molecule has 19 nitrogen and oxygen atoms in total. The van der Waals surface area contributed by atoms with Crippen LogP contribution < -0.4 is 0 Å². The minimum atomic E-state index is -0.741. The van der Waals surface area contributed by atoms with Crippen molar-refractivity contribution in [2.45, 2.75) is 58.7 Å². The third-order valence-corrected chi connectivity index (χ3v) is 19.8. The van der Waals surface area contributed by atoms with Gasteiger partial charge >= 0.3 is 0 Å². The lowest BCUT2D eigenvalue weighted by Gasteiger charge is -2.25. The van der Waals surface area contributed by atoms with Gasteiger partial charge in [-0.1, -0.05) is 210 Å². The molecule has 23 heteroatoms. The van der Waals surface area contributed by atoms with Crippen molar-refractivity contribution in [2.24, 2.45) is 0 Å². The third kappa shape index (κ3) is 21.5. The molecule has 0 atom stereocenters. The summed E-state index contributed by atoms with van der Waals surface area (Å²) < 4.78 is 35.2. The van der Waals surface area contributed by atoms with E-state index in [1.54, 1.807) is 77.0 Å². The summed E-state index contributed by atoms with van der Waals surface area (Å²) in [6.07, 6.45) is 8.07. The van der Waals surface area contributed by atoms with Crippen LogP contribution in [-0.4, -0.2) is 94.8 Å². The zero-order valence-electron chi connectivity index (χ0n) is 62.0. The molecule has 0 unspecified atom stereocenters. The number of hydrogen-bond acceptors (Lipinski definition) is 13. The van der Waals surface area contributed by atoms with E-state index in [0.29, 0.717) is 107 Å². The van der Waals surface area contributed by atoms with Crippen molar-refractivity contribution in [3.05, 3.63) is 409 Å². The lowest BCUT2D eigenvalue weighted by molar-refractivity contribution is -0.126. The Hall–Kier alpha value is -14.2. The first-order chi connectivity index (χ1) is 56.2. The minimum Gasteiger partial charge on any atom is -0.331 e. The van der Waals surface area contributed by atoms with Gasteiger partial charge in [0, 0.05) is 57.3 Å². The Labute approximate surface area is 676 Å². The van der Waals surface area contributed by atoms with Crippen LogP contribution in [0, 0.1) is 45.6 Å². The van der Waals surface area contributed by atoms with Crippen LogP contribution in [0.25, 0.3) is 33.3 Å². The number of amides is 3. The molecule has 115 heavy (non-hydrogen) atoms. The molecule has 11 aromatic carbocycles. The predicted molar refractivity (Wildman–Crippen MR) is 440 cm³/mol. The number of halogens is 4. The van der Waals surface area contributed by atoms with E-state index in [0.717, 1.165) is 72.0 Å². The number of nitrogens with zero attached hydrogens (tertiary/aromatic N) is 16. The summed E-state index contributed by atoms with van der Waals surface area (Å²) in [6, 6.07) is 91.4. The van der Waals surface area contributed by atoms with Crippen LogP contribution in [0.5, 0.6) is 0 Å². The van der Waals surface area contributed by atoms with Gasteiger partial charge in [0.15, 0.2) is 17.5 Å². The van der Waals surface area contributed by atoms with Gasteiger partial charge in [-0.3, -0.25) is 14.4 Å². The van der Waals surface area contributed by atoms with Gasteiger partial charge in [0.2, 0.25) is 0 Å². The normalized spacial score (nSPS) is 10.9. The van der Waals surface area contributed by atoms with Crippen molar-refractivity contribution in [3.8, 4) is 18.2 Å². The first kappa shape index (κ1) is 78.9. The number of hydrogen-bond donors (Lipinski definition) is 0. The minimum absolute atomic E-state index is 0.0187. The summed E-state index contributed by atoms with van der Waals surface area (Å²) in [6.45, 7) is 3.01. The molecule has 4 heterocycles. The molecule has 0 aliphatic heterocycles. The standard InChI is InChI=1S/C33H25F2N5O.C30H24BrN5O.C29H23ClN6O/c34-29-16-15-28(31(35)18-29)21-39(22-32-38-37-23-40(32)20-26-13-11-25(19-36)12-14-26)33(41)30(27-9-5-2-6-10-27)17-24-7-3-1-4-8-24;31-28-13-9-22(10-14-28)15-16-35(30(37)27-12-11-25-3-1-2-4-26(25)17-27)20-29-34-33-21-36(29)19-24-7-5-23(18-32)6-8-24;30-25-12-9-21(10-13-25)15-16-35(29(37)27-14-11-24-3-1-2-4-26(24)33-27)19-28-34-32-20-36(28)18-23-7-5-22(17-31)6-8-23/h1-18,23H,20-22H2;1-14,17,21H,15-16,19-20H2;1-14,20H,15-16,18-19H2/b30-17+;;. The van der Waals surface area contributed by atoms with Crippen molar-refractivity contribution in [1.29, 1.82) is 15.8 Å². The van der Waals surface area contributed by atoms with Crippen molar-refractivity contribution < 1.29 is 23.2 Å². The number of nitriles is 3. The monoisotopic (exact) mass is 1600 g/mol. The van der Waals surface area contributed by atoms with Gasteiger partial charge in [-0.05, 0) is 160 Å². The number of benzene rings is 11. The fourth-order valence-electron chi connectivity index (χ4n) is 12.8. The van der Waals surface area contributed by atoms with Crippen molar-refractivity contribution >= 4 is 78.6 Å². The van der Waals surface area contributed by atoms with Crippen LogP contribution in [-0.2, 0) is 63.4 Å². The Balaban J connectivity index is 0.000000151. The summed E-state index contributed by atoms with van der Waals surface area (Å²) >= 11 is 9.53. The highest BCUT2D eigenvalue weighted by Crippen LogP contribution is 2.27. The SMILES string of the molecule is N#Cc1ccc(Cn2cnnc2CN(CCc2ccc(Br)cc2)C(=O)c2ccc3ccccc3c2)cc1.N#Cc1ccc(Cn2cnnc2CN(CCc2ccc(Cl)cc2)C(=O)c2ccc3ccccc3n2)cc1.N#Cc1ccc(Cn2cnnc2CN(Cc2ccc(F)cc2F)C(=O)/C(=C/c2ccccc2)c2ccccc2)cc1. The number of carbonyl (C=O) groups is 3. The van der Waals surface area contributed by atoms with E-state index in [-0.39, 0.29) is 42.9 Å². The highest BCUT2D eigenvalue weighted by Gasteiger charge is 2.26. The fourth-order valence-corrected chi connectivity index (χ4v) is 13.2. The van der Waals surface area contributed by atoms with E-state index in [1.807, 2.05) is 220 Å². The molecule has 3 amide bonds. The van der Waals surface area contributed by atoms with Crippen molar-refractivity contribution in [1.82, 2.24) is 64.0 Å². The highest BCUT2D eigenvalue weighted by molar-refractivity contribution is 9.10. The molecule has 0 N–H and O–H groups in total. The molecule has 0 saturated heterocycles. The number of aromatic nitrogens is 10. The van der Waals surface area contributed by atoms with Crippen molar-refractivity contribution in [3.63, 3.8) is 0 Å². The molecule has 0 aliphatic rings. The summed E-state index contributed by atoms with van der Waals surface area (Å²) in [5.74, 6) is -0.156.